The van der Waals surface area contributed by atoms with Crippen LogP contribution in [-0.2, 0) is 0 Å². The molecule has 0 amide bonds. The maximum absolute atomic E-state index is 13.7. The molecule has 0 spiro atoms. The summed E-state index contributed by atoms with van der Waals surface area (Å²) in [4.78, 5) is 8.96. The maximum atomic E-state index is 13.7. The number of hydrogen-bond acceptors (Lipinski definition) is 4. The highest BCUT2D eigenvalue weighted by atomic mass is 19.1. The van der Waals surface area contributed by atoms with Gasteiger partial charge in [-0.25, -0.2) is 9.37 Å². The SMILES string of the molecule is CN1C[C@H]2CN(c3ncccc3C#N)C[C@H]2[C@@H]1c1cccc(F)c1. The first kappa shape index (κ1) is 15.1. The molecule has 122 valence electrons. The molecule has 24 heavy (non-hydrogen) atoms. The highest BCUT2D eigenvalue weighted by molar-refractivity contribution is 5.54. The molecular formula is C19H19FN4. The van der Waals surface area contributed by atoms with Crippen LogP contribution in [0.5, 0.6) is 0 Å². The second-order valence-corrected chi connectivity index (χ2v) is 6.75. The van der Waals surface area contributed by atoms with Gasteiger partial charge in [-0.05, 0) is 42.8 Å². The zero-order valence-corrected chi connectivity index (χ0v) is 13.6. The van der Waals surface area contributed by atoms with Gasteiger partial charge < -0.3 is 4.90 Å². The number of hydrogen-bond donors (Lipinski definition) is 0. The van der Waals surface area contributed by atoms with Gasteiger partial charge in [-0.1, -0.05) is 12.1 Å². The van der Waals surface area contributed by atoms with Crippen LogP contribution in [0.3, 0.4) is 0 Å². The summed E-state index contributed by atoms with van der Waals surface area (Å²) in [6.45, 7) is 2.73. The van der Waals surface area contributed by atoms with Crippen molar-refractivity contribution < 1.29 is 4.39 Å². The largest absolute Gasteiger partial charge is 0.355 e. The van der Waals surface area contributed by atoms with E-state index in [9.17, 15) is 9.65 Å². The summed E-state index contributed by atoms with van der Waals surface area (Å²) in [7, 11) is 2.11. The highest BCUT2D eigenvalue weighted by Crippen LogP contribution is 2.45. The van der Waals surface area contributed by atoms with Crippen LogP contribution in [0.15, 0.2) is 42.6 Å². The van der Waals surface area contributed by atoms with Gasteiger partial charge in [0, 0.05) is 37.8 Å². The monoisotopic (exact) mass is 322 g/mol. The van der Waals surface area contributed by atoms with Crippen molar-refractivity contribution in [2.24, 2.45) is 11.8 Å². The Kier molecular flexibility index (Phi) is 3.70. The van der Waals surface area contributed by atoms with Crippen molar-refractivity contribution in [3.63, 3.8) is 0 Å². The fourth-order valence-electron chi connectivity index (χ4n) is 4.36. The first-order valence-corrected chi connectivity index (χ1v) is 8.23. The molecule has 2 aliphatic heterocycles. The van der Waals surface area contributed by atoms with Gasteiger partial charge >= 0.3 is 0 Å². The first-order valence-electron chi connectivity index (χ1n) is 8.23. The van der Waals surface area contributed by atoms with E-state index in [1.807, 2.05) is 12.1 Å². The normalized spacial score (nSPS) is 26.4. The van der Waals surface area contributed by atoms with Crippen molar-refractivity contribution in [2.75, 3.05) is 31.6 Å². The van der Waals surface area contributed by atoms with Crippen molar-refractivity contribution in [1.29, 1.82) is 5.26 Å². The average Bonchev–Trinajstić information content (AvgIpc) is 3.11. The number of aromatic nitrogens is 1. The van der Waals surface area contributed by atoms with Gasteiger partial charge in [-0.3, -0.25) is 4.90 Å². The molecule has 3 atom stereocenters. The zero-order chi connectivity index (χ0) is 16.7. The molecule has 2 aromatic rings. The Morgan fingerprint density at radius 3 is 2.88 bits per heavy atom. The fraction of sp³-hybridized carbons (Fsp3) is 0.368. The predicted octanol–water partition coefficient (Wildman–Crippen LogP) is 2.83. The smallest absolute Gasteiger partial charge is 0.146 e. The highest BCUT2D eigenvalue weighted by Gasteiger charge is 2.46. The Hall–Kier alpha value is -2.45. The first-order chi connectivity index (χ1) is 11.7. The lowest BCUT2D eigenvalue weighted by atomic mass is 9.89. The third kappa shape index (κ3) is 2.44. The minimum absolute atomic E-state index is 0.185. The Morgan fingerprint density at radius 1 is 1.21 bits per heavy atom. The van der Waals surface area contributed by atoms with Crippen LogP contribution < -0.4 is 4.90 Å². The number of anilines is 1. The average molecular weight is 322 g/mol. The number of rotatable bonds is 2. The number of benzene rings is 1. The third-order valence-corrected chi connectivity index (χ3v) is 5.29. The van der Waals surface area contributed by atoms with Crippen molar-refractivity contribution in [3.8, 4) is 6.07 Å². The quantitative estimate of drug-likeness (QED) is 0.853. The van der Waals surface area contributed by atoms with E-state index in [-0.39, 0.29) is 11.9 Å². The van der Waals surface area contributed by atoms with E-state index < -0.39 is 0 Å². The van der Waals surface area contributed by atoms with E-state index in [2.05, 4.69) is 27.9 Å². The van der Waals surface area contributed by atoms with Gasteiger partial charge in [0.25, 0.3) is 0 Å². The number of pyridine rings is 1. The van der Waals surface area contributed by atoms with Gasteiger partial charge in [0.2, 0.25) is 0 Å². The molecule has 2 saturated heterocycles. The second kappa shape index (κ2) is 5.88. The molecular weight excluding hydrogens is 303 g/mol. The molecule has 0 saturated carbocycles. The lowest BCUT2D eigenvalue weighted by molar-refractivity contribution is 0.279. The van der Waals surface area contributed by atoms with Gasteiger partial charge in [0.05, 0.1) is 5.56 Å². The van der Waals surface area contributed by atoms with E-state index in [1.165, 1.54) is 6.07 Å². The van der Waals surface area contributed by atoms with Crippen molar-refractivity contribution in [1.82, 2.24) is 9.88 Å². The summed E-state index contributed by atoms with van der Waals surface area (Å²) >= 11 is 0. The maximum Gasteiger partial charge on any atom is 0.146 e. The van der Waals surface area contributed by atoms with E-state index in [0.29, 0.717) is 17.4 Å². The molecule has 1 aromatic carbocycles. The summed E-state index contributed by atoms with van der Waals surface area (Å²) in [6, 6.07) is 13.0. The Morgan fingerprint density at radius 2 is 2.08 bits per heavy atom. The molecule has 0 aliphatic carbocycles. The van der Waals surface area contributed by atoms with Crippen molar-refractivity contribution >= 4 is 5.82 Å². The number of likely N-dealkylation sites (tertiary alicyclic amines) is 1. The van der Waals surface area contributed by atoms with Gasteiger partial charge in [0.15, 0.2) is 0 Å². The topological polar surface area (TPSA) is 43.2 Å². The number of nitrogens with zero attached hydrogens (tertiary/aromatic N) is 4. The van der Waals surface area contributed by atoms with Crippen LogP contribution in [0, 0.1) is 29.0 Å². The van der Waals surface area contributed by atoms with Crippen LogP contribution in [0.25, 0.3) is 0 Å². The Bertz CT molecular complexity index is 800. The van der Waals surface area contributed by atoms with Crippen LogP contribution in [-0.4, -0.2) is 36.6 Å². The third-order valence-electron chi connectivity index (χ3n) is 5.29. The standard InChI is InChI=1S/C19H19FN4/c1-23-10-15-11-24(19-14(9-21)5-3-7-22-19)12-17(15)18(23)13-4-2-6-16(20)8-13/h2-8,15,17-18H,10-12H2,1H3/t15-,17+,18-/m0/s1. The molecule has 2 fully saturated rings. The summed E-state index contributed by atoms with van der Waals surface area (Å²) in [5.41, 5.74) is 1.65. The molecule has 3 heterocycles. The summed E-state index contributed by atoms with van der Waals surface area (Å²) in [5, 5.41) is 9.32. The van der Waals surface area contributed by atoms with E-state index in [0.717, 1.165) is 31.0 Å². The molecule has 4 nitrogen and oxygen atoms in total. The molecule has 0 unspecified atom stereocenters. The van der Waals surface area contributed by atoms with Gasteiger partial charge in [0.1, 0.15) is 17.7 Å². The van der Waals surface area contributed by atoms with Crippen LogP contribution in [0.4, 0.5) is 10.2 Å². The molecule has 4 rings (SSSR count). The zero-order valence-electron chi connectivity index (χ0n) is 13.6. The summed E-state index contributed by atoms with van der Waals surface area (Å²) in [5.74, 6) is 1.52. The summed E-state index contributed by atoms with van der Waals surface area (Å²) < 4.78 is 13.7. The Labute approximate surface area is 141 Å². The van der Waals surface area contributed by atoms with Crippen molar-refractivity contribution in [2.45, 2.75) is 6.04 Å². The van der Waals surface area contributed by atoms with E-state index >= 15 is 0 Å². The lowest BCUT2D eigenvalue weighted by Gasteiger charge is -2.27. The van der Waals surface area contributed by atoms with Crippen LogP contribution >= 0.6 is 0 Å². The number of halogens is 1. The van der Waals surface area contributed by atoms with Crippen molar-refractivity contribution in [3.05, 3.63) is 59.5 Å². The van der Waals surface area contributed by atoms with Gasteiger partial charge in [-0.15, -0.1) is 0 Å². The number of nitriles is 1. The number of fused-ring (bicyclic) bond motifs is 1. The molecule has 0 bridgehead atoms. The Balaban J connectivity index is 1.63. The summed E-state index contributed by atoms with van der Waals surface area (Å²) in [6.07, 6.45) is 1.74. The van der Waals surface area contributed by atoms with Crippen LogP contribution in [0.1, 0.15) is 17.2 Å². The van der Waals surface area contributed by atoms with Crippen LogP contribution in [0.2, 0.25) is 0 Å². The fourth-order valence-corrected chi connectivity index (χ4v) is 4.36. The molecule has 0 N–H and O–H groups in total. The lowest BCUT2D eigenvalue weighted by Crippen LogP contribution is -2.30. The van der Waals surface area contributed by atoms with E-state index in [1.54, 1.807) is 24.4 Å². The van der Waals surface area contributed by atoms with Gasteiger partial charge in [-0.2, -0.15) is 5.26 Å². The predicted molar refractivity (Wildman–Crippen MR) is 89.9 cm³/mol. The molecule has 2 aliphatic rings. The molecule has 5 heteroatoms. The second-order valence-electron chi connectivity index (χ2n) is 6.75. The minimum atomic E-state index is -0.185. The van der Waals surface area contributed by atoms with E-state index in [4.69, 9.17) is 0 Å². The molecule has 1 aromatic heterocycles. The minimum Gasteiger partial charge on any atom is -0.355 e. The molecule has 0 radical (unpaired) electrons.